The largest absolute Gasteiger partial charge is 0.481 e. The van der Waals surface area contributed by atoms with E-state index in [1.807, 2.05) is 0 Å². The topological polar surface area (TPSA) is 354 Å². The maximum Gasteiger partial charge on any atom is 0.307 e. The molecule has 4 aliphatic heterocycles. The van der Waals surface area contributed by atoms with Crippen LogP contribution >= 0.6 is 0 Å². The molecule has 0 aliphatic carbocycles. The first-order chi connectivity index (χ1) is 29.9. The van der Waals surface area contributed by atoms with Crippen molar-refractivity contribution in [2.45, 2.75) is 131 Å². The Labute approximate surface area is 362 Å². The SMILES string of the molecule is CC(C)C1OC(COC2OC(CO)C(O)C(OC3CN(CC(=O)NCC(=O)CC(Cc4ccccc4)C(=O)O)CC(CO)O3)C2O)C(O)C(OC2OC(CO)C(O)C(O)C2O)C1O. The molecular weight excluding hydrogens is 844 g/mol. The minimum atomic E-state index is -1.85. The normalized spacial score (nSPS) is 38.3. The number of morpholine rings is 1. The van der Waals surface area contributed by atoms with Gasteiger partial charge in [-0.1, -0.05) is 44.2 Å². The van der Waals surface area contributed by atoms with Gasteiger partial charge in [0.25, 0.3) is 0 Å². The highest BCUT2D eigenvalue weighted by atomic mass is 16.7. The van der Waals surface area contributed by atoms with E-state index in [0.717, 1.165) is 5.56 Å². The highest BCUT2D eigenvalue weighted by molar-refractivity contribution is 5.89. The number of nitrogens with zero attached hydrogens (tertiary/aromatic N) is 1. The number of benzene rings is 1. The first-order valence-corrected chi connectivity index (χ1v) is 20.9. The van der Waals surface area contributed by atoms with E-state index in [9.17, 15) is 70.6 Å². The number of carboxylic acid groups (broad SMARTS) is 1. The second-order valence-electron chi connectivity index (χ2n) is 16.6. The summed E-state index contributed by atoms with van der Waals surface area (Å²) >= 11 is 0. The van der Waals surface area contributed by atoms with Crippen LogP contribution in [0.1, 0.15) is 25.8 Å². The number of ether oxygens (including phenoxy) is 7. The van der Waals surface area contributed by atoms with Crippen LogP contribution in [0.15, 0.2) is 30.3 Å². The molecule has 18 atom stereocenters. The lowest BCUT2D eigenvalue weighted by Crippen LogP contribution is -2.65. The quantitative estimate of drug-likeness (QED) is 0.0580. The minimum absolute atomic E-state index is 0.0383. The van der Waals surface area contributed by atoms with E-state index in [0.29, 0.717) is 0 Å². The van der Waals surface area contributed by atoms with Gasteiger partial charge in [0.05, 0.1) is 64.2 Å². The molecule has 1 aromatic carbocycles. The Balaban J connectivity index is 1.18. The fourth-order valence-electron chi connectivity index (χ4n) is 7.99. The minimum Gasteiger partial charge on any atom is -0.481 e. The first-order valence-electron chi connectivity index (χ1n) is 20.9. The highest BCUT2D eigenvalue weighted by Crippen LogP contribution is 2.33. The van der Waals surface area contributed by atoms with Crippen molar-refractivity contribution in [3.8, 4) is 0 Å². The van der Waals surface area contributed by atoms with Crippen molar-refractivity contribution in [2.24, 2.45) is 11.8 Å². The van der Waals surface area contributed by atoms with Crippen molar-refractivity contribution in [2.75, 3.05) is 52.6 Å². The molecule has 0 saturated carbocycles. The van der Waals surface area contributed by atoms with Crippen LogP contribution < -0.4 is 5.32 Å². The summed E-state index contributed by atoms with van der Waals surface area (Å²) in [4.78, 5) is 39.0. The van der Waals surface area contributed by atoms with E-state index < -0.39 is 167 Å². The molecule has 12 N–H and O–H groups in total. The summed E-state index contributed by atoms with van der Waals surface area (Å²) in [6.45, 7) is -0.0376. The number of Topliss-reactive ketones (excluding diaryl/α,β-unsaturated/α-hetero) is 1. The van der Waals surface area contributed by atoms with Gasteiger partial charge in [-0.25, -0.2) is 0 Å². The van der Waals surface area contributed by atoms with Crippen molar-refractivity contribution in [3.63, 3.8) is 0 Å². The van der Waals surface area contributed by atoms with Crippen molar-refractivity contribution in [1.82, 2.24) is 10.2 Å². The van der Waals surface area contributed by atoms with E-state index in [-0.39, 0.29) is 32.5 Å². The summed E-state index contributed by atoms with van der Waals surface area (Å²) in [7, 11) is 0. The molecule has 0 aromatic heterocycles. The third kappa shape index (κ3) is 13.1. The van der Waals surface area contributed by atoms with E-state index in [2.05, 4.69) is 5.32 Å². The number of carbonyl (C=O) groups excluding carboxylic acids is 2. The number of carbonyl (C=O) groups is 3. The summed E-state index contributed by atoms with van der Waals surface area (Å²) in [5, 5.41) is 118. The Morgan fingerprint density at radius 2 is 1.37 bits per heavy atom. The summed E-state index contributed by atoms with van der Waals surface area (Å²) < 4.78 is 40.4. The molecule has 1 amide bonds. The van der Waals surface area contributed by atoms with Crippen molar-refractivity contribution < 1.29 is 104 Å². The Kier molecular flexibility index (Phi) is 19.1. The van der Waals surface area contributed by atoms with Gasteiger partial charge in [-0.2, -0.15) is 0 Å². The second kappa shape index (κ2) is 23.5. The number of hydrogen-bond donors (Lipinski definition) is 12. The predicted molar refractivity (Wildman–Crippen MR) is 209 cm³/mol. The molecule has 23 nitrogen and oxygen atoms in total. The fourth-order valence-corrected chi connectivity index (χ4v) is 7.99. The molecule has 0 spiro atoms. The number of ketones is 1. The summed E-state index contributed by atoms with van der Waals surface area (Å²) in [6, 6.07) is 8.81. The maximum atomic E-state index is 12.9. The zero-order valence-electron chi connectivity index (χ0n) is 34.9. The Hall–Kier alpha value is -2.89. The smallest absolute Gasteiger partial charge is 0.307 e. The number of rotatable bonds is 20. The standard InChI is InChI=1S/C40H62N2O21/c1-18(2)35-33(53)36(63-40-32(52)31(51)28(48)23(15-44)61-40)30(50)25(59-35)17-57-39-34(54)37(29(49)24(16-45)60-39)62-27-13-42(11-22(14-43)58-27)12-26(47)41-10-21(46)9-20(38(55)56)8-19-6-4-3-5-7-19/h3-7,18,20,22-25,27-37,39-40,43-45,48-54H,8-17H2,1-2H3,(H,41,47)(H,55,56). The number of aliphatic hydroxyl groups excluding tert-OH is 10. The van der Waals surface area contributed by atoms with E-state index >= 15 is 0 Å². The van der Waals surface area contributed by atoms with Gasteiger partial charge < -0.3 is 94.6 Å². The number of hydrogen-bond acceptors (Lipinski definition) is 21. The number of amides is 1. The van der Waals surface area contributed by atoms with Crippen molar-refractivity contribution >= 4 is 17.7 Å². The van der Waals surface area contributed by atoms with E-state index in [1.54, 1.807) is 44.2 Å². The molecule has 4 fully saturated rings. The molecule has 1 aromatic rings. The number of aliphatic hydroxyl groups is 10. The molecule has 0 radical (unpaired) electrons. The molecule has 5 rings (SSSR count). The third-order valence-corrected chi connectivity index (χ3v) is 11.5. The van der Waals surface area contributed by atoms with Crippen LogP contribution in [0.3, 0.4) is 0 Å². The molecule has 4 heterocycles. The summed E-state index contributed by atoms with van der Waals surface area (Å²) in [5.41, 5.74) is 0.745. The van der Waals surface area contributed by atoms with Gasteiger partial charge in [0, 0.05) is 13.0 Å². The number of nitrogens with one attached hydrogen (secondary N) is 1. The second-order valence-corrected chi connectivity index (χ2v) is 16.6. The van der Waals surface area contributed by atoms with Crippen LogP contribution in [0, 0.1) is 11.8 Å². The van der Waals surface area contributed by atoms with Gasteiger partial charge in [0.15, 0.2) is 24.7 Å². The highest BCUT2D eigenvalue weighted by Gasteiger charge is 2.53. The van der Waals surface area contributed by atoms with E-state index in [4.69, 9.17) is 33.2 Å². The average molecular weight is 907 g/mol. The molecular formula is C40H62N2O21. The molecule has 4 saturated heterocycles. The molecule has 23 heteroatoms. The van der Waals surface area contributed by atoms with Crippen LogP contribution in [0.25, 0.3) is 0 Å². The van der Waals surface area contributed by atoms with Crippen molar-refractivity contribution in [3.05, 3.63) is 35.9 Å². The lowest BCUT2D eigenvalue weighted by molar-refractivity contribution is -0.354. The molecule has 0 bridgehead atoms. The zero-order chi connectivity index (χ0) is 46.1. The molecule has 4 aliphatic rings. The van der Waals surface area contributed by atoms with Gasteiger partial charge >= 0.3 is 5.97 Å². The van der Waals surface area contributed by atoms with Gasteiger partial charge in [0.1, 0.15) is 73.2 Å². The number of carboxylic acids is 1. The third-order valence-electron chi connectivity index (χ3n) is 11.5. The van der Waals surface area contributed by atoms with Crippen molar-refractivity contribution in [1.29, 1.82) is 0 Å². The molecule has 63 heavy (non-hydrogen) atoms. The maximum absolute atomic E-state index is 12.9. The predicted octanol–water partition coefficient (Wildman–Crippen LogP) is -5.80. The van der Waals surface area contributed by atoms with Crippen LogP contribution in [-0.4, -0.2) is 236 Å². The van der Waals surface area contributed by atoms with Crippen LogP contribution in [-0.2, 0) is 54.0 Å². The van der Waals surface area contributed by atoms with E-state index in [1.165, 1.54) is 4.90 Å². The average Bonchev–Trinajstić information content (AvgIpc) is 3.25. The Bertz CT molecular complexity index is 1600. The monoisotopic (exact) mass is 906 g/mol. The van der Waals surface area contributed by atoms with Crippen LogP contribution in [0.4, 0.5) is 0 Å². The van der Waals surface area contributed by atoms with Gasteiger partial charge in [-0.15, -0.1) is 0 Å². The molecule has 18 unspecified atom stereocenters. The van der Waals surface area contributed by atoms with Crippen LogP contribution in [0.5, 0.6) is 0 Å². The van der Waals surface area contributed by atoms with Gasteiger partial charge in [0.2, 0.25) is 5.91 Å². The lowest BCUT2D eigenvalue weighted by Gasteiger charge is -2.48. The fraction of sp³-hybridized carbons (Fsp3) is 0.775. The van der Waals surface area contributed by atoms with Crippen LogP contribution in [0.2, 0.25) is 0 Å². The van der Waals surface area contributed by atoms with Gasteiger partial charge in [-0.05, 0) is 17.9 Å². The summed E-state index contributed by atoms with van der Waals surface area (Å²) in [6.07, 6.45) is -26.0. The van der Waals surface area contributed by atoms with Gasteiger partial charge in [-0.3, -0.25) is 19.3 Å². The zero-order valence-corrected chi connectivity index (χ0v) is 34.9. The summed E-state index contributed by atoms with van der Waals surface area (Å²) in [5.74, 6) is -3.64. The number of aliphatic carboxylic acids is 1. The Morgan fingerprint density at radius 3 is 2.00 bits per heavy atom. The molecule has 358 valence electrons. The lowest BCUT2D eigenvalue weighted by atomic mass is 9.89. The Morgan fingerprint density at radius 1 is 0.730 bits per heavy atom. The first kappa shape index (κ1) is 51.1.